The second-order valence-corrected chi connectivity index (χ2v) is 6.19. The Kier molecular flexibility index (Phi) is 5.32. The van der Waals surface area contributed by atoms with E-state index in [1.54, 1.807) is 18.2 Å². The Hall–Kier alpha value is -2.54. The lowest BCUT2D eigenvalue weighted by Crippen LogP contribution is -2.44. The van der Waals surface area contributed by atoms with Gasteiger partial charge >= 0.3 is 0 Å². The Labute approximate surface area is 143 Å². The lowest BCUT2D eigenvalue weighted by Gasteiger charge is -2.25. The topological polar surface area (TPSA) is 76.7 Å². The van der Waals surface area contributed by atoms with E-state index in [0.717, 1.165) is 0 Å². The van der Waals surface area contributed by atoms with Crippen molar-refractivity contribution in [3.05, 3.63) is 46.7 Å². The van der Waals surface area contributed by atoms with Crippen molar-refractivity contribution >= 4 is 23.2 Å². The van der Waals surface area contributed by atoms with Gasteiger partial charge in [0.1, 0.15) is 6.61 Å². The van der Waals surface area contributed by atoms with Crippen LogP contribution in [0.1, 0.15) is 16.1 Å². The second-order valence-electron chi connectivity index (χ2n) is 5.24. The van der Waals surface area contributed by atoms with Crippen molar-refractivity contribution in [3.8, 4) is 11.5 Å². The molecule has 0 fully saturated rings. The summed E-state index contributed by atoms with van der Waals surface area (Å²) in [5.41, 5.74) is 0. The molecule has 7 heteroatoms. The van der Waals surface area contributed by atoms with Crippen molar-refractivity contribution in [1.82, 2.24) is 10.6 Å². The summed E-state index contributed by atoms with van der Waals surface area (Å²) in [6.07, 6.45) is -0.00636. The van der Waals surface area contributed by atoms with Crippen molar-refractivity contribution < 1.29 is 19.1 Å². The average Bonchev–Trinajstić information content (AvgIpc) is 3.15. The molecule has 1 atom stereocenters. The summed E-state index contributed by atoms with van der Waals surface area (Å²) in [5.74, 6) is 0.927. The number of carbonyl (C=O) groups is 2. The van der Waals surface area contributed by atoms with E-state index in [9.17, 15) is 9.59 Å². The number of rotatable bonds is 6. The molecule has 0 aliphatic carbocycles. The number of carbonyl (C=O) groups excluding carboxylic acids is 2. The summed E-state index contributed by atoms with van der Waals surface area (Å²) in [5, 5.41) is 7.48. The molecule has 126 valence electrons. The van der Waals surface area contributed by atoms with Crippen LogP contribution in [0.25, 0.3) is 0 Å². The number of amides is 2. The Morgan fingerprint density at radius 1 is 1.08 bits per heavy atom. The molecule has 1 aliphatic rings. The molecule has 0 saturated carbocycles. The summed E-state index contributed by atoms with van der Waals surface area (Å²) < 4.78 is 11.1. The minimum absolute atomic E-state index is 0.0862. The molecule has 2 aromatic rings. The van der Waals surface area contributed by atoms with Gasteiger partial charge in [0.25, 0.3) is 11.8 Å². The maximum absolute atomic E-state index is 12.1. The molecule has 3 rings (SSSR count). The number of hydrogen-bond donors (Lipinski definition) is 2. The first-order chi connectivity index (χ1) is 11.7. The SMILES string of the molecule is O=C(NCCCNC(=O)[C@@H]1COc2ccccc2O1)c1cccs1. The van der Waals surface area contributed by atoms with Crippen LogP contribution < -0.4 is 20.1 Å². The molecule has 1 aromatic heterocycles. The number of benzene rings is 1. The van der Waals surface area contributed by atoms with Crippen molar-refractivity contribution in [2.45, 2.75) is 12.5 Å². The van der Waals surface area contributed by atoms with Gasteiger partial charge in [0, 0.05) is 13.1 Å². The normalized spacial score (nSPS) is 15.6. The number of hydrogen-bond acceptors (Lipinski definition) is 5. The molecule has 0 spiro atoms. The zero-order chi connectivity index (χ0) is 16.8. The van der Waals surface area contributed by atoms with Crippen molar-refractivity contribution in [1.29, 1.82) is 0 Å². The third-order valence-corrected chi connectivity index (χ3v) is 4.35. The van der Waals surface area contributed by atoms with E-state index in [-0.39, 0.29) is 18.4 Å². The number of para-hydroxylation sites is 2. The van der Waals surface area contributed by atoms with Crippen LogP contribution in [-0.2, 0) is 4.79 Å². The van der Waals surface area contributed by atoms with Gasteiger partial charge in [-0.05, 0) is 30.0 Å². The molecular weight excluding hydrogens is 328 g/mol. The number of ether oxygens (including phenoxy) is 2. The van der Waals surface area contributed by atoms with E-state index < -0.39 is 6.10 Å². The van der Waals surface area contributed by atoms with E-state index in [2.05, 4.69) is 10.6 Å². The van der Waals surface area contributed by atoms with Crippen molar-refractivity contribution in [2.24, 2.45) is 0 Å². The van der Waals surface area contributed by atoms with Crippen LogP contribution in [0.2, 0.25) is 0 Å². The third-order valence-electron chi connectivity index (χ3n) is 3.48. The molecule has 2 N–H and O–H groups in total. The van der Waals surface area contributed by atoms with Gasteiger partial charge < -0.3 is 20.1 Å². The molecule has 2 amide bonds. The van der Waals surface area contributed by atoms with E-state index in [0.29, 0.717) is 35.9 Å². The summed E-state index contributed by atoms with van der Waals surface area (Å²) in [6, 6.07) is 10.9. The molecule has 24 heavy (non-hydrogen) atoms. The lowest BCUT2D eigenvalue weighted by molar-refractivity contribution is -0.130. The number of nitrogens with one attached hydrogen (secondary N) is 2. The van der Waals surface area contributed by atoms with Crippen LogP contribution in [-0.4, -0.2) is 37.6 Å². The van der Waals surface area contributed by atoms with Gasteiger partial charge in [0.05, 0.1) is 4.88 Å². The predicted molar refractivity (Wildman–Crippen MR) is 90.6 cm³/mol. The van der Waals surface area contributed by atoms with E-state index in [1.165, 1.54) is 11.3 Å². The van der Waals surface area contributed by atoms with Crippen molar-refractivity contribution in [2.75, 3.05) is 19.7 Å². The zero-order valence-electron chi connectivity index (χ0n) is 13.0. The first kappa shape index (κ1) is 16.3. The standard InChI is InChI=1S/C17H18N2O4S/c20-16(14-11-22-12-5-1-2-6-13(12)23-14)18-8-4-9-19-17(21)15-7-3-10-24-15/h1-3,5-7,10,14H,4,8-9,11H2,(H,18,20)(H,19,21)/t14-/m0/s1. The van der Waals surface area contributed by atoms with Crippen LogP contribution >= 0.6 is 11.3 Å². The average molecular weight is 346 g/mol. The molecule has 1 aliphatic heterocycles. The Morgan fingerprint density at radius 2 is 1.88 bits per heavy atom. The maximum atomic E-state index is 12.1. The highest BCUT2D eigenvalue weighted by Crippen LogP contribution is 2.30. The highest BCUT2D eigenvalue weighted by Gasteiger charge is 2.26. The fraction of sp³-hybridized carbons (Fsp3) is 0.294. The Morgan fingerprint density at radius 3 is 2.67 bits per heavy atom. The van der Waals surface area contributed by atoms with Gasteiger partial charge in [0.15, 0.2) is 11.5 Å². The van der Waals surface area contributed by atoms with E-state index in [1.807, 2.05) is 23.6 Å². The third kappa shape index (κ3) is 4.05. The zero-order valence-corrected chi connectivity index (χ0v) is 13.8. The minimum Gasteiger partial charge on any atom is -0.485 e. The molecule has 0 saturated heterocycles. The molecule has 0 unspecified atom stereocenters. The largest absolute Gasteiger partial charge is 0.485 e. The summed E-state index contributed by atoms with van der Waals surface area (Å²) >= 11 is 1.40. The van der Waals surface area contributed by atoms with Gasteiger partial charge in [-0.2, -0.15) is 0 Å². The van der Waals surface area contributed by atoms with Gasteiger partial charge in [-0.1, -0.05) is 18.2 Å². The molecule has 0 bridgehead atoms. The van der Waals surface area contributed by atoms with Crippen molar-refractivity contribution in [3.63, 3.8) is 0 Å². The van der Waals surface area contributed by atoms with Gasteiger partial charge in [-0.15, -0.1) is 11.3 Å². The fourth-order valence-corrected chi connectivity index (χ4v) is 2.90. The van der Waals surface area contributed by atoms with Gasteiger partial charge in [0.2, 0.25) is 6.10 Å². The monoisotopic (exact) mass is 346 g/mol. The highest BCUT2D eigenvalue weighted by atomic mass is 32.1. The van der Waals surface area contributed by atoms with Gasteiger partial charge in [-0.25, -0.2) is 0 Å². The first-order valence-corrected chi connectivity index (χ1v) is 8.60. The predicted octanol–water partition coefficient (Wildman–Crippen LogP) is 1.82. The number of fused-ring (bicyclic) bond motifs is 1. The smallest absolute Gasteiger partial charge is 0.264 e. The fourth-order valence-electron chi connectivity index (χ4n) is 2.26. The highest BCUT2D eigenvalue weighted by molar-refractivity contribution is 7.12. The minimum atomic E-state index is -0.652. The molecule has 0 radical (unpaired) electrons. The molecule has 6 nitrogen and oxygen atoms in total. The van der Waals surface area contributed by atoms with Crippen LogP contribution in [0.15, 0.2) is 41.8 Å². The van der Waals surface area contributed by atoms with Crippen LogP contribution in [0.4, 0.5) is 0 Å². The summed E-state index contributed by atoms with van der Waals surface area (Å²) in [6.45, 7) is 1.16. The molecular formula is C17H18N2O4S. The Balaban J connectivity index is 1.35. The van der Waals surface area contributed by atoms with E-state index >= 15 is 0 Å². The van der Waals surface area contributed by atoms with Crippen LogP contribution in [0, 0.1) is 0 Å². The Bertz CT molecular complexity index is 702. The summed E-state index contributed by atoms with van der Waals surface area (Å²) in [4.78, 5) is 24.5. The molecule has 2 heterocycles. The summed E-state index contributed by atoms with van der Waals surface area (Å²) in [7, 11) is 0. The van der Waals surface area contributed by atoms with Crippen LogP contribution in [0.3, 0.4) is 0 Å². The maximum Gasteiger partial charge on any atom is 0.264 e. The van der Waals surface area contributed by atoms with Gasteiger partial charge in [-0.3, -0.25) is 9.59 Å². The van der Waals surface area contributed by atoms with Crippen LogP contribution in [0.5, 0.6) is 11.5 Å². The number of thiophene rings is 1. The van der Waals surface area contributed by atoms with E-state index in [4.69, 9.17) is 9.47 Å². The second kappa shape index (κ2) is 7.83. The molecule has 1 aromatic carbocycles. The quantitative estimate of drug-likeness (QED) is 0.783. The lowest BCUT2D eigenvalue weighted by atomic mass is 10.2. The first-order valence-electron chi connectivity index (χ1n) is 7.72.